The van der Waals surface area contributed by atoms with E-state index in [1.54, 1.807) is 10.9 Å². The van der Waals surface area contributed by atoms with Gasteiger partial charge in [-0.2, -0.15) is 5.10 Å². The van der Waals surface area contributed by atoms with Gasteiger partial charge in [0.2, 0.25) is 5.91 Å². The minimum Gasteiger partial charge on any atom is -0.325 e. The van der Waals surface area contributed by atoms with Crippen LogP contribution in [0.1, 0.15) is 12.8 Å². The molecule has 0 saturated carbocycles. The molecule has 1 saturated heterocycles. The van der Waals surface area contributed by atoms with Crippen LogP contribution in [-0.2, 0) is 4.79 Å². The fourth-order valence-corrected chi connectivity index (χ4v) is 2.26. The van der Waals surface area contributed by atoms with Gasteiger partial charge in [-0.25, -0.2) is 4.68 Å². The smallest absolute Gasteiger partial charge is 0.241 e. The molecule has 98 valence electrons. The van der Waals surface area contributed by atoms with Gasteiger partial charge in [-0.1, -0.05) is 0 Å². The van der Waals surface area contributed by atoms with Crippen molar-refractivity contribution in [1.82, 2.24) is 15.1 Å². The monoisotopic (exact) mass is 256 g/mol. The molecule has 2 aromatic rings. The second kappa shape index (κ2) is 5.24. The third-order valence-electron chi connectivity index (χ3n) is 3.28. The molecule has 1 amide bonds. The van der Waals surface area contributed by atoms with Crippen molar-refractivity contribution in [1.29, 1.82) is 0 Å². The van der Waals surface area contributed by atoms with Gasteiger partial charge in [0.05, 0.1) is 11.7 Å². The van der Waals surface area contributed by atoms with Crippen LogP contribution >= 0.6 is 0 Å². The standard InChI is InChI=1S/C14H16N4O/c19-14(13-3-1-8-15-13)17-11-4-6-12(7-5-11)18-10-2-9-16-18/h2,4-7,9-10,13,15H,1,3,8H2,(H,17,19)/t13-/m0/s1. The van der Waals surface area contributed by atoms with Crippen molar-refractivity contribution < 1.29 is 4.79 Å². The molecule has 1 aliphatic heterocycles. The number of nitrogens with zero attached hydrogens (tertiary/aromatic N) is 2. The average Bonchev–Trinajstić information content (AvgIpc) is 3.13. The van der Waals surface area contributed by atoms with E-state index in [4.69, 9.17) is 0 Å². The van der Waals surface area contributed by atoms with Crippen LogP contribution in [-0.4, -0.2) is 28.3 Å². The molecule has 0 spiro atoms. The van der Waals surface area contributed by atoms with Crippen molar-refractivity contribution >= 4 is 11.6 Å². The summed E-state index contributed by atoms with van der Waals surface area (Å²) in [7, 11) is 0. The van der Waals surface area contributed by atoms with E-state index in [2.05, 4.69) is 15.7 Å². The van der Waals surface area contributed by atoms with Crippen LogP contribution in [0.4, 0.5) is 5.69 Å². The molecule has 5 nitrogen and oxygen atoms in total. The third kappa shape index (κ3) is 2.66. The van der Waals surface area contributed by atoms with Gasteiger partial charge in [-0.3, -0.25) is 4.79 Å². The minimum atomic E-state index is -0.0502. The van der Waals surface area contributed by atoms with Gasteiger partial charge >= 0.3 is 0 Å². The maximum Gasteiger partial charge on any atom is 0.241 e. The van der Waals surface area contributed by atoms with Crippen LogP contribution < -0.4 is 10.6 Å². The number of aromatic nitrogens is 2. The van der Waals surface area contributed by atoms with Gasteiger partial charge in [0.1, 0.15) is 0 Å². The molecule has 3 rings (SSSR count). The lowest BCUT2D eigenvalue weighted by Gasteiger charge is -2.11. The summed E-state index contributed by atoms with van der Waals surface area (Å²) in [6, 6.07) is 9.48. The van der Waals surface area contributed by atoms with E-state index >= 15 is 0 Å². The van der Waals surface area contributed by atoms with Crippen molar-refractivity contribution in [3.8, 4) is 5.69 Å². The molecular formula is C14H16N4O. The summed E-state index contributed by atoms with van der Waals surface area (Å²) in [5.74, 6) is 0.0457. The lowest BCUT2D eigenvalue weighted by atomic mass is 10.2. The highest BCUT2D eigenvalue weighted by Crippen LogP contribution is 2.14. The number of hydrogen-bond acceptors (Lipinski definition) is 3. The summed E-state index contributed by atoms with van der Waals surface area (Å²) in [5.41, 5.74) is 1.79. The Bertz CT molecular complexity index is 541. The molecule has 1 aromatic carbocycles. The second-order valence-electron chi connectivity index (χ2n) is 4.64. The van der Waals surface area contributed by atoms with Crippen molar-refractivity contribution in [3.63, 3.8) is 0 Å². The number of nitrogens with one attached hydrogen (secondary N) is 2. The summed E-state index contributed by atoms with van der Waals surface area (Å²) in [6.07, 6.45) is 5.60. The van der Waals surface area contributed by atoms with Gasteiger partial charge in [-0.05, 0) is 49.7 Å². The first-order valence-corrected chi connectivity index (χ1v) is 6.47. The molecule has 1 aliphatic rings. The van der Waals surface area contributed by atoms with Gasteiger partial charge in [0.25, 0.3) is 0 Å². The lowest BCUT2D eigenvalue weighted by Crippen LogP contribution is -2.35. The Morgan fingerprint density at radius 2 is 2.21 bits per heavy atom. The highest BCUT2D eigenvalue weighted by molar-refractivity contribution is 5.95. The molecule has 5 heteroatoms. The fraction of sp³-hybridized carbons (Fsp3) is 0.286. The van der Waals surface area contributed by atoms with Crippen LogP contribution in [0, 0.1) is 0 Å². The number of anilines is 1. The van der Waals surface area contributed by atoms with E-state index in [1.807, 2.05) is 36.5 Å². The molecule has 2 heterocycles. The second-order valence-corrected chi connectivity index (χ2v) is 4.64. The summed E-state index contributed by atoms with van der Waals surface area (Å²) < 4.78 is 1.78. The van der Waals surface area contributed by atoms with Crippen LogP contribution in [0.25, 0.3) is 5.69 Å². The van der Waals surface area contributed by atoms with Crippen molar-refractivity contribution in [2.24, 2.45) is 0 Å². The molecular weight excluding hydrogens is 240 g/mol. The molecule has 0 radical (unpaired) electrons. The number of hydrogen-bond donors (Lipinski definition) is 2. The zero-order valence-corrected chi connectivity index (χ0v) is 10.5. The Morgan fingerprint density at radius 3 is 2.84 bits per heavy atom. The van der Waals surface area contributed by atoms with Gasteiger partial charge in [0, 0.05) is 18.1 Å². The van der Waals surface area contributed by atoms with Gasteiger partial charge < -0.3 is 10.6 Å². The van der Waals surface area contributed by atoms with E-state index in [0.717, 1.165) is 30.8 Å². The van der Waals surface area contributed by atoms with E-state index < -0.39 is 0 Å². The molecule has 19 heavy (non-hydrogen) atoms. The average molecular weight is 256 g/mol. The van der Waals surface area contributed by atoms with Crippen LogP contribution in [0.15, 0.2) is 42.7 Å². The summed E-state index contributed by atoms with van der Waals surface area (Å²) in [5, 5.41) is 10.3. The summed E-state index contributed by atoms with van der Waals surface area (Å²) in [4.78, 5) is 11.9. The number of rotatable bonds is 3. The molecule has 2 N–H and O–H groups in total. The Balaban J connectivity index is 1.67. The fourth-order valence-electron chi connectivity index (χ4n) is 2.26. The summed E-state index contributed by atoms with van der Waals surface area (Å²) in [6.45, 7) is 0.927. The van der Waals surface area contributed by atoms with Gasteiger partial charge in [-0.15, -0.1) is 0 Å². The number of amides is 1. The molecule has 1 aromatic heterocycles. The zero-order chi connectivity index (χ0) is 13.1. The molecule has 0 aliphatic carbocycles. The first kappa shape index (κ1) is 11.9. The largest absolute Gasteiger partial charge is 0.325 e. The molecule has 0 bridgehead atoms. The van der Waals surface area contributed by atoms with Crippen molar-refractivity contribution in [2.75, 3.05) is 11.9 Å². The van der Waals surface area contributed by atoms with Crippen LogP contribution in [0.3, 0.4) is 0 Å². The van der Waals surface area contributed by atoms with Crippen LogP contribution in [0.2, 0.25) is 0 Å². The lowest BCUT2D eigenvalue weighted by molar-refractivity contribution is -0.117. The van der Waals surface area contributed by atoms with Crippen molar-refractivity contribution in [3.05, 3.63) is 42.7 Å². The highest BCUT2D eigenvalue weighted by atomic mass is 16.2. The molecule has 0 unspecified atom stereocenters. The maximum atomic E-state index is 11.9. The van der Waals surface area contributed by atoms with E-state index in [0.29, 0.717) is 0 Å². The van der Waals surface area contributed by atoms with Gasteiger partial charge in [0.15, 0.2) is 0 Å². The first-order valence-electron chi connectivity index (χ1n) is 6.47. The molecule has 1 atom stereocenters. The third-order valence-corrected chi connectivity index (χ3v) is 3.28. The zero-order valence-electron chi connectivity index (χ0n) is 10.5. The van der Waals surface area contributed by atoms with E-state index in [9.17, 15) is 4.79 Å². The predicted molar refractivity (Wildman–Crippen MR) is 73.2 cm³/mol. The van der Waals surface area contributed by atoms with E-state index in [1.165, 1.54) is 0 Å². The predicted octanol–water partition coefficient (Wildman–Crippen LogP) is 1.56. The summed E-state index contributed by atoms with van der Waals surface area (Å²) >= 11 is 0. The normalized spacial score (nSPS) is 18.4. The van der Waals surface area contributed by atoms with E-state index in [-0.39, 0.29) is 11.9 Å². The topological polar surface area (TPSA) is 59.0 Å². The highest BCUT2D eigenvalue weighted by Gasteiger charge is 2.21. The first-order chi connectivity index (χ1) is 9.33. The molecule has 1 fully saturated rings. The number of carbonyl (C=O) groups is 1. The SMILES string of the molecule is O=C(Nc1ccc(-n2cccn2)cc1)[C@@H]1CCCN1. The quantitative estimate of drug-likeness (QED) is 0.876. The Labute approximate surface area is 111 Å². The Morgan fingerprint density at radius 1 is 1.37 bits per heavy atom. The van der Waals surface area contributed by atoms with Crippen LogP contribution in [0.5, 0.6) is 0 Å². The van der Waals surface area contributed by atoms with Crippen molar-refractivity contribution in [2.45, 2.75) is 18.9 Å². The number of benzene rings is 1. The number of carbonyl (C=O) groups excluding carboxylic acids is 1. The minimum absolute atomic E-state index is 0.0457. The maximum absolute atomic E-state index is 11.9. The Kier molecular flexibility index (Phi) is 3.29. The Hall–Kier alpha value is -2.14.